The number of nitrogens with zero attached hydrogens (tertiary/aromatic N) is 2. The Bertz CT molecular complexity index is 1260. The van der Waals surface area contributed by atoms with Gasteiger partial charge >= 0.3 is 6.18 Å². The van der Waals surface area contributed by atoms with E-state index in [1.54, 1.807) is 6.07 Å². The highest BCUT2D eigenvalue weighted by Gasteiger charge is 2.42. The fourth-order valence-corrected chi connectivity index (χ4v) is 6.61. The Kier molecular flexibility index (Phi) is 4.15. The van der Waals surface area contributed by atoms with Gasteiger partial charge in [0.1, 0.15) is 0 Å². The normalized spacial score (nSPS) is 21.9. The van der Waals surface area contributed by atoms with Crippen LogP contribution in [0.25, 0.3) is 10.9 Å². The summed E-state index contributed by atoms with van der Waals surface area (Å²) in [5.74, 6) is 0. The van der Waals surface area contributed by atoms with Crippen LogP contribution in [0.4, 0.5) is 13.2 Å². The van der Waals surface area contributed by atoms with Gasteiger partial charge in [0.25, 0.3) is 10.0 Å². The summed E-state index contributed by atoms with van der Waals surface area (Å²) in [5.41, 5.74) is 2.57. The van der Waals surface area contributed by atoms with Crippen molar-refractivity contribution in [1.82, 2.24) is 8.87 Å². The standard InChI is InChI=1S/C22H21F3N2O2S/c1-13-3-9-18-17(11-13)21-19-10-6-15(26(19)2)12-20(21)27(18)30(28,29)16-7-4-14(5-8-16)22(23,24)25/h3-5,7-9,11,15,19H,6,10,12H2,1-2H3. The number of fused-ring (bicyclic) bond motifs is 6. The zero-order chi connectivity index (χ0) is 21.4. The molecular weight excluding hydrogens is 413 g/mol. The number of halogens is 3. The van der Waals surface area contributed by atoms with E-state index < -0.39 is 21.8 Å². The van der Waals surface area contributed by atoms with Gasteiger partial charge in [-0.1, -0.05) is 11.6 Å². The van der Waals surface area contributed by atoms with Gasteiger partial charge in [-0.2, -0.15) is 13.2 Å². The van der Waals surface area contributed by atoms with Crippen LogP contribution >= 0.6 is 0 Å². The first-order valence-electron chi connectivity index (χ1n) is 9.87. The highest BCUT2D eigenvalue weighted by atomic mass is 32.2. The molecule has 1 saturated heterocycles. The Hall–Kier alpha value is -2.32. The van der Waals surface area contributed by atoms with Crippen LogP contribution in [0.5, 0.6) is 0 Å². The van der Waals surface area contributed by atoms with E-state index in [9.17, 15) is 21.6 Å². The number of likely N-dealkylation sites (N-methyl/N-ethyl adjacent to an activating group) is 1. The summed E-state index contributed by atoms with van der Waals surface area (Å²) in [6.07, 6.45) is -1.93. The molecule has 0 spiro atoms. The largest absolute Gasteiger partial charge is 0.416 e. The van der Waals surface area contributed by atoms with Gasteiger partial charge in [0.2, 0.25) is 0 Å². The molecule has 2 aliphatic rings. The minimum absolute atomic E-state index is 0.137. The molecule has 2 aliphatic heterocycles. The lowest BCUT2D eigenvalue weighted by molar-refractivity contribution is -0.137. The van der Waals surface area contributed by atoms with E-state index in [2.05, 4.69) is 11.9 Å². The number of hydrogen-bond acceptors (Lipinski definition) is 3. The maximum atomic E-state index is 13.6. The lowest BCUT2D eigenvalue weighted by Gasteiger charge is -2.32. The van der Waals surface area contributed by atoms with Gasteiger partial charge in [-0.15, -0.1) is 0 Å². The van der Waals surface area contributed by atoms with E-state index in [-0.39, 0.29) is 17.0 Å². The van der Waals surface area contributed by atoms with Crippen molar-refractivity contribution in [2.45, 2.75) is 49.3 Å². The second-order valence-corrected chi connectivity index (χ2v) is 10.1. The van der Waals surface area contributed by atoms with Gasteiger partial charge in [0.05, 0.1) is 16.0 Å². The highest BCUT2D eigenvalue weighted by Crippen LogP contribution is 2.47. The molecule has 0 saturated carbocycles. The van der Waals surface area contributed by atoms with Crippen molar-refractivity contribution in [3.63, 3.8) is 0 Å². The second-order valence-electron chi connectivity index (χ2n) is 8.29. The van der Waals surface area contributed by atoms with Crippen LogP contribution in [0, 0.1) is 6.92 Å². The van der Waals surface area contributed by atoms with E-state index in [0.29, 0.717) is 11.9 Å². The average Bonchev–Trinajstić information content (AvgIpc) is 3.11. The number of rotatable bonds is 2. The Morgan fingerprint density at radius 1 is 1.03 bits per heavy atom. The van der Waals surface area contributed by atoms with Crippen LogP contribution in [-0.2, 0) is 22.6 Å². The van der Waals surface area contributed by atoms with Crippen LogP contribution in [-0.4, -0.2) is 30.4 Å². The fraction of sp³-hybridized carbons (Fsp3) is 0.364. The predicted octanol–water partition coefficient (Wildman–Crippen LogP) is 4.90. The summed E-state index contributed by atoms with van der Waals surface area (Å²) >= 11 is 0. The zero-order valence-electron chi connectivity index (χ0n) is 16.6. The maximum Gasteiger partial charge on any atom is 0.416 e. The number of aryl methyl sites for hydroxylation is 1. The molecule has 158 valence electrons. The Labute approximate surface area is 173 Å². The SMILES string of the molecule is Cc1ccc2c(c1)c1c(n2S(=O)(=O)c2ccc(C(F)(F)F)cc2)CC2CCC1N2C. The predicted molar refractivity (Wildman–Crippen MR) is 108 cm³/mol. The van der Waals surface area contributed by atoms with Crippen molar-refractivity contribution in [3.05, 3.63) is 64.8 Å². The van der Waals surface area contributed by atoms with E-state index in [1.165, 1.54) is 3.97 Å². The van der Waals surface area contributed by atoms with Gasteiger partial charge in [-0.25, -0.2) is 12.4 Å². The first-order chi connectivity index (χ1) is 14.1. The Balaban J connectivity index is 1.75. The van der Waals surface area contributed by atoms with Crippen LogP contribution < -0.4 is 0 Å². The summed E-state index contributed by atoms with van der Waals surface area (Å²) in [7, 11) is -1.97. The minimum Gasteiger partial charge on any atom is -0.296 e. The summed E-state index contributed by atoms with van der Waals surface area (Å²) in [5, 5.41) is 0.915. The highest BCUT2D eigenvalue weighted by molar-refractivity contribution is 7.90. The van der Waals surface area contributed by atoms with Gasteiger partial charge < -0.3 is 0 Å². The van der Waals surface area contributed by atoms with Gasteiger partial charge in [-0.05, 0) is 68.8 Å². The smallest absolute Gasteiger partial charge is 0.296 e. The molecule has 2 unspecified atom stereocenters. The lowest BCUT2D eigenvalue weighted by Crippen LogP contribution is -2.35. The molecule has 0 radical (unpaired) electrons. The van der Waals surface area contributed by atoms with Crippen LogP contribution in [0.15, 0.2) is 47.4 Å². The summed E-state index contributed by atoms with van der Waals surface area (Å²) < 4.78 is 67.4. The molecule has 8 heteroatoms. The molecule has 1 fully saturated rings. The maximum absolute atomic E-state index is 13.6. The number of alkyl halides is 3. The number of aromatic nitrogens is 1. The monoisotopic (exact) mass is 434 g/mol. The fourth-order valence-electron chi connectivity index (χ4n) is 5.04. The van der Waals surface area contributed by atoms with Crippen molar-refractivity contribution in [1.29, 1.82) is 0 Å². The van der Waals surface area contributed by atoms with Crippen molar-refractivity contribution >= 4 is 20.9 Å². The summed E-state index contributed by atoms with van der Waals surface area (Å²) in [6.45, 7) is 1.97. The number of hydrogen-bond donors (Lipinski definition) is 0. The number of benzene rings is 2. The third-order valence-corrected chi connectivity index (χ3v) is 8.31. The molecule has 5 rings (SSSR count). The second kappa shape index (κ2) is 6.34. The first kappa shape index (κ1) is 19.6. The Morgan fingerprint density at radius 3 is 2.40 bits per heavy atom. The van der Waals surface area contributed by atoms with Crippen LogP contribution in [0.2, 0.25) is 0 Å². The van der Waals surface area contributed by atoms with Crippen molar-refractivity contribution in [2.24, 2.45) is 0 Å². The molecular formula is C22H21F3N2O2S. The molecule has 3 heterocycles. The van der Waals surface area contributed by atoms with Crippen LogP contribution in [0.1, 0.15) is 41.3 Å². The molecule has 3 aromatic rings. The molecule has 1 aromatic heterocycles. The van der Waals surface area contributed by atoms with Crippen molar-refractivity contribution < 1.29 is 21.6 Å². The topological polar surface area (TPSA) is 42.3 Å². The van der Waals surface area contributed by atoms with Crippen molar-refractivity contribution in [3.8, 4) is 0 Å². The van der Waals surface area contributed by atoms with Gasteiger partial charge in [-0.3, -0.25) is 4.90 Å². The summed E-state index contributed by atoms with van der Waals surface area (Å²) in [6, 6.07) is 9.87. The van der Waals surface area contributed by atoms with E-state index >= 15 is 0 Å². The van der Waals surface area contributed by atoms with Crippen LogP contribution in [0.3, 0.4) is 0 Å². The molecule has 30 heavy (non-hydrogen) atoms. The molecule has 4 nitrogen and oxygen atoms in total. The average molecular weight is 434 g/mol. The summed E-state index contributed by atoms with van der Waals surface area (Å²) in [4.78, 5) is 2.18. The first-order valence-corrected chi connectivity index (χ1v) is 11.3. The molecule has 0 aliphatic carbocycles. The molecule has 2 aromatic carbocycles. The van der Waals surface area contributed by atoms with Crippen molar-refractivity contribution in [2.75, 3.05) is 7.05 Å². The van der Waals surface area contributed by atoms with E-state index in [0.717, 1.165) is 59.3 Å². The molecule has 0 N–H and O–H groups in total. The lowest BCUT2D eigenvalue weighted by atomic mass is 9.97. The zero-order valence-corrected chi connectivity index (χ0v) is 17.4. The van der Waals surface area contributed by atoms with E-state index in [4.69, 9.17) is 0 Å². The molecule has 0 amide bonds. The molecule has 2 atom stereocenters. The quantitative estimate of drug-likeness (QED) is 0.576. The molecule has 2 bridgehead atoms. The van der Waals surface area contributed by atoms with Gasteiger partial charge in [0, 0.05) is 29.6 Å². The third-order valence-electron chi connectivity index (χ3n) is 6.54. The Morgan fingerprint density at radius 2 is 1.73 bits per heavy atom. The van der Waals surface area contributed by atoms with Gasteiger partial charge in [0.15, 0.2) is 0 Å². The van der Waals surface area contributed by atoms with E-state index in [1.807, 2.05) is 19.1 Å². The minimum atomic E-state index is -4.51. The third kappa shape index (κ3) is 2.73.